The van der Waals surface area contributed by atoms with Gasteiger partial charge in [-0.05, 0) is 26.8 Å². The highest BCUT2D eigenvalue weighted by atomic mass is 16.6. The van der Waals surface area contributed by atoms with Crippen molar-refractivity contribution < 1.29 is 19.0 Å². The van der Waals surface area contributed by atoms with Crippen LogP contribution in [0.2, 0.25) is 0 Å². The Balaban J connectivity index is 3.15. The molecule has 0 saturated carbocycles. The summed E-state index contributed by atoms with van der Waals surface area (Å²) in [6.45, 7) is 5.39. The molecule has 0 heterocycles. The topological polar surface area (TPSA) is 70.8 Å². The summed E-state index contributed by atoms with van der Waals surface area (Å²) in [7, 11) is 2.97. The molecule has 0 fully saturated rings. The van der Waals surface area contributed by atoms with Gasteiger partial charge in [0.15, 0.2) is 0 Å². The molecule has 0 aliphatic heterocycles. The molecule has 0 radical (unpaired) electrons. The Morgan fingerprint density at radius 3 is 2.11 bits per heavy atom. The number of nitrogen functional groups attached to an aromatic ring is 1. The minimum absolute atomic E-state index is 0.283. The summed E-state index contributed by atoms with van der Waals surface area (Å²) in [6, 6.07) is 3.06. The quantitative estimate of drug-likeness (QED) is 0.660. The van der Waals surface area contributed by atoms with E-state index in [-0.39, 0.29) is 5.56 Å². The van der Waals surface area contributed by atoms with Crippen molar-refractivity contribution in [3.63, 3.8) is 0 Å². The van der Waals surface area contributed by atoms with E-state index in [1.54, 1.807) is 26.8 Å². The maximum Gasteiger partial charge on any atom is 0.342 e. The number of hydrogen-bond acceptors (Lipinski definition) is 5. The second-order valence-electron chi connectivity index (χ2n) is 4.80. The number of esters is 1. The van der Waals surface area contributed by atoms with Crippen molar-refractivity contribution in [3.05, 3.63) is 17.7 Å². The molecule has 0 amide bonds. The van der Waals surface area contributed by atoms with Crippen LogP contribution in [-0.4, -0.2) is 25.8 Å². The fraction of sp³-hybridized carbons (Fsp3) is 0.462. The zero-order valence-electron chi connectivity index (χ0n) is 11.4. The number of nitrogens with two attached hydrogens (primary N) is 1. The van der Waals surface area contributed by atoms with Crippen molar-refractivity contribution >= 4 is 11.7 Å². The third kappa shape index (κ3) is 3.29. The molecule has 1 rings (SSSR count). The number of ether oxygens (including phenoxy) is 3. The van der Waals surface area contributed by atoms with Crippen LogP contribution in [0, 0.1) is 0 Å². The zero-order valence-corrected chi connectivity index (χ0v) is 11.4. The fourth-order valence-electron chi connectivity index (χ4n) is 1.42. The lowest BCUT2D eigenvalue weighted by Crippen LogP contribution is -2.24. The van der Waals surface area contributed by atoms with Crippen molar-refractivity contribution in [1.29, 1.82) is 0 Å². The average molecular weight is 253 g/mol. The van der Waals surface area contributed by atoms with E-state index in [0.717, 1.165) is 0 Å². The van der Waals surface area contributed by atoms with Gasteiger partial charge in [0, 0.05) is 6.07 Å². The average Bonchev–Trinajstić information content (AvgIpc) is 2.26. The van der Waals surface area contributed by atoms with Gasteiger partial charge in [0.1, 0.15) is 22.7 Å². The number of carbonyl (C=O) groups excluding carboxylic acids is 1. The first-order valence-corrected chi connectivity index (χ1v) is 5.53. The van der Waals surface area contributed by atoms with Gasteiger partial charge in [-0.1, -0.05) is 0 Å². The number of anilines is 1. The van der Waals surface area contributed by atoms with Crippen LogP contribution in [0.4, 0.5) is 5.69 Å². The van der Waals surface area contributed by atoms with Gasteiger partial charge in [-0.3, -0.25) is 0 Å². The molecule has 0 saturated heterocycles. The molecule has 0 aliphatic carbocycles. The van der Waals surface area contributed by atoms with E-state index in [1.165, 1.54) is 20.3 Å². The normalized spacial score (nSPS) is 10.9. The summed E-state index contributed by atoms with van der Waals surface area (Å²) in [4.78, 5) is 12.0. The summed E-state index contributed by atoms with van der Waals surface area (Å²) in [6.07, 6.45) is 0. The summed E-state index contributed by atoms with van der Waals surface area (Å²) < 4.78 is 15.5. The van der Waals surface area contributed by atoms with Crippen molar-refractivity contribution in [2.75, 3.05) is 20.0 Å². The van der Waals surface area contributed by atoms with Crippen molar-refractivity contribution in [1.82, 2.24) is 0 Å². The van der Waals surface area contributed by atoms with Crippen LogP contribution < -0.4 is 15.2 Å². The fourth-order valence-corrected chi connectivity index (χ4v) is 1.42. The maximum absolute atomic E-state index is 12.0. The molecule has 1 aromatic rings. The first kappa shape index (κ1) is 14.2. The van der Waals surface area contributed by atoms with Crippen molar-refractivity contribution in [2.24, 2.45) is 0 Å². The van der Waals surface area contributed by atoms with Gasteiger partial charge >= 0.3 is 5.97 Å². The van der Waals surface area contributed by atoms with Crippen LogP contribution in [0.1, 0.15) is 31.1 Å². The van der Waals surface area contributed by atoms with Crippen LogP contribution in [0.3, 0.4) is 0 Å². The van der Waals surface area contributed by atoms with E-state index in [1.807, 2.05) is 0 Å². The van der Waals surface area contributed by atoms with Crippen molar-refractivity contribution in [3.8, 4) is 11.5 Å². The van der Waals surface area contributed by atoms with Gasteiger partial charge in [0.25, 0.3) is 0 Å². The van der Waals surface area contributed by atoms with Crippen LogP contribution in [0.25, 0.3) is 0 Å². The Morgan fingerprint density at radius 2 is 1.67 bits per heavy atom. The molecule has 18 heavy (non-hydrogen) atoms. The molecule has 0 unspecified atom stereocenters. The summed E-state index contributed by atoms with van der Waals surface area (Å²) in [5.41, 5.74) is 5.84. The lowest BCUT2D eigenvalue weighted by atomic mass is 10.1. The van der Waals surface area contributed by atoms with E-state index in [9.17, 15) is 4.79 Å². The molecule has 0 spiro atoms. The zero-order chi connectivity index (χ0) is 13.9. The molecular formula is C13H19NO4. The van der Waals surface area contributed by atoms with E-state index >= 15 is 0 Å². The van der Waals surface area contributed by atoms with Crippen LogP contribution >= 0.6 is 0 Å². The van der Waals surface area contributed by atoms with Gasteiger partial charge in [-0.25, -0.2) is 4.79 Å². The predicted octanol–water partition coefficient (Wildman–Crippen LogP) is 2.24. The maximum atomic E-state index is 12.0. The first-order valence-electron chi connectivity index (χ1n) is 5.53. The molecule has 1 aromatic carbocycles. The Hall–Kier alpha value is -1.91. The minimum atomic E-state index is -0.573. The first-order chi connectivity index (χ1) is 8.28. The molecule has 0 atom stereocenters. The Labute approximate surface area is 107 Å². The van der Waals surface area contributed by atoms with Gasteiger partial charge in [-0.2, -0.15) is 0 Å². The van der Waals surface area contributed by atoms with Gasteiger partial charge in [0.05, 0.1) is 19.9 Å². The monoisotopic (exact) mass is 253 g/mol. The molecule has 0 aromatic heterocycles. The number of rotatable bonds is 3. The lowest BCUT2D eigenvalue weighted by molar-refractivity contribution is 0.00666. The number of hydrogen-bond donors (Lipinski definition) is 1. The van der Waals surface area contributed by atoms with E-state index < -0.39 is 11.6 Å². The van der Waals surface area contributed by atoms with Gasteiger partial charge in [-0.15, -0.1) is 0 Å². The van der Waals surface area contributed by atoms with Crippen LogP contribution in [0.15, 0.2) is 12.1 Å². The van der Waals surface area contributed by atoms with Crippen molar-refractivity contribution in [2.45, 2.75) is 26.4 Å². The molecule has 5 heteroatoms. The molecule has 2 N–H and O–H groups in total. The number of benzene rings is 1. The highest BCUT2D eigenvalue weighted by Crippen LogP contribution is 2.31. The largest absolute Gasteiger partial charge is 0.496 e. The third-order valence-electron chi connectivity index (χ3n) is 2.17. The molecule has 100 valence electrons. The van der Waals surface area contributed by atoms with E-state index in [0.29, 0.717) is 17.2 Å². The molecule has 0 aliphatic rings. The van der Waals surface area contributed by atoms with Gasteiger partial charge in [0.2, 0.25) is 0 Å². The second-order valence-corrected chi connectivity index (χ2v) is 4.80. The predicted molar refractivity (Wildman–Crippen MR) is 69.1 cm³/mol. The molecule has 0 bridgehead atoms. The Kier molecular flexibility index (Phi) is 4.06. The summed E-state index contributed by atoms with van der Waals surface area (Å²) in [5, 5.41) is 0. The second kappa shape index (κ2) is 5.16. The smallest absolute Gasteiger partial charge is 0.342 e. The molecule has 5 nitrogen and oxygen atoms in total. The molecular weight excluding hydrogens is 234 g/mol. The van der Waals surface area contributed by atoms with E-state index in [2.05, 4.69) is 0 Å². The number of carbonyl (C=O) groups is 1. The minimum Gasteiger partial charge on any atom is -0.496 e. The Morgan fingerprint density at radius 1 is 1.11 bits per heavy atom. The highest BCUT2D eigenvalue weighted by molar-refractivity contribution is 5.94. The SMILES string of the molecule is COc1cc(OC)c(C(=O)OC(C)(C)C)cc1N. The van der Waals surface area contributed by atoms with Gasteiger partial charge < -0.3 is 19.9 Å². The standard InChI is InChI=1S/C13H19NO4/c1-13(2,3)18-12(15)8-6-9(14)11(17-5)7-10(8)16-4/h6-7H,14H2,1-5H3. The van der Waals surface area contributed by atoms with Crippen LogP contribution in [-0.2, 0) is 4.74 Å². The van der Waals surface area contributed by atoms with E-state index in [4.69, 9.17) is 19.9 Å². The summed E-state index contributed by atoms with van der Waals surface area (Å²) >= 11 is 0. The summed E-state index contributed by atoms with van der Waals surface area (Å²) in [5.74, 6) is 0.350. The lowest BCUT2D eigenvalue weighted by Gasteiger charge is -2.20. The number of methoxy groups -OCH3 is 2. The third-order valence-corrected chi connectivity index (χ3v) is 2.17. The van der Waals surface area contributed by atoms with Crippen LogP contribution in [0.5, 0.6) is 11.5 Å². The highest BCUT2D eigenvalue weighted by Gasteiger charge is 2.22. The Bertz CT molecular complexity index is 449.